The molecular weight excluding hydrogens is 367 g/mol. The molecule has 4 nitrogen and oxygen atoms in total. The topological polar surface area (TPSA) is 39.1 Å². The first-order chi connectivity index (χ1) is 13.6. The van der Waals surface area contributed by atoms with E-state index >= 15 is 0 Å². The summed E-state index contributed by atoms with van der Waals surface area (Å²) in [4.78, 5) is 3.94. The molecule has 1 atom stereocenters. The zero-order valence-corrected chi connectivity index (χ0v) is 15.1. The number of hydrogen-bond donors (Lipinski definition) is 1. The summed E-state index contributed by atoms with van der Waals surface area (Å²) in [5, 5.41) is 3.46. The predicted molar refractivity (Wildman–Crippen MR) is 99.1 cm³/mol. The van der Waals surface area contributed by atoms with Crippen molar-refractivity contribution in [2.45, 2.75) is 38.5 Å². The standard InChI is InChI=1S/C21H20F3N3O/c22-18-10-14(4-7-20(18)27-9-8-25-13-27)12-26-19-3-1-2-15-11-16(28-21(23)24)5-6-17(15)19/h4-11,13,19,21,26H,1-3,12H2. The molecule has 1 N–H and O–H groups in total. The van der Waals surface area contributed by atoms with Crippen LogP contribution in [0.3, 0.4) is 0 Å². The van der Waals surface area contributed by atoms with E-state index in [1.165, 1.54) is 6.07 Å². The molecule has 146 valence electrons. The number of rotatable bonds is 6. The maximum Gasteiger partial charge on any atom is 0.387 e. The Bertz CT molecular complexity index is 944. The summed E-state index contributed by atoms with van der Waals surface area (Å²) >= 11 is 0. The summed E-state index contributed by atoms with van der Waals surface area (Å²) in [6.45, 7) is -2.31. The molecule has 1 aromatic heterocycles. The highest BCUT2D eigenvalue weighted by molar-refractivity contribution is 5.40. The van der Waals surface area contributed by atoms with E-state index in [-0.39, 0.29) is 17.6 Å². The molecule has 2 aromatic carbocycles. The number of nitrogens with one attached hydrogen (secondary N) is 1. The number of nitrogens with zero attached hydrogens (tertiary/aromatic N) is 2. The van der Waals surface area contributed by atoms with Gasteiger partial charge in [0, 0.05) is 25.0 Å². The summed E-state index contributed by atoms with van der Waals surface area (Å²) in [5.41, 5.74) is 3.40. The Balaban J connectivity index is 1.45. The van der Waals surface area contributed by atoms with E-state index in [2.05, 4.69) is 15.0 Å². The number of halogens is 3. The number of aromatic nitrogens is 2. The number of imidazole rings is 1. The average Bonchev–Trinajstić information content (AvgIpc) is 3.20. The van der Waals surface area contributed by atoms with Crippen LogP contribution in [0.5, 0.6) is 5.75 Å². The van der Waals surface area contributed by atoms with Crippen molar-refractivity contribution in [2.75, 3.05) is 0 Å². The summed E-state index contributed by atoms with van der Waals surface area (Å²) in [6, 6.07) is 10.3. The van der Waals surface area contributed by atoms with E-state index in [9.17, 15) is 13.2 Å². The minimum Gasteiger partial charge on any atom is -0.435 e. The van der Waals surface area contributed by atoms with Gasteiger partial charge in [-0.3, -0.25) is 0 Å². The third-order valence-electron chi connectivity index (χ3n) is 5.00. The zero-order chi connectivity index (χ0) is 19.5. The molecule has 0 aliphatic heterocycles. The van der Waals surface area contributed by atoms with Gasteiger partial charge in [-0.1, -0.05) is 12.1 Å². The molecule has 28 heavy (non-hydrogen) atoms. The molecule has 0 saturated heterocycles. The van der Waals surface area contributed by atoms with Gasteiger partial charge in [-0.2, -0.15) is 8.78 Å². The monoisotopic (exact) mass is 387 g/mol. The highest BCUT2D eigenvalue weighted by atomic mass is 19.3. The average molecular weight is 387 g/mol. The molecule has 1 aliphatic carbocycles. The van der Waals surface area contributed by atoms with E-state index in [0.29, 0.717) is 12.2 Å². The van der Waals surface area contributed by atoms with E-state index in [1.807, 2.05) is 12.1 Å². The second-order valence-corrected chi connectivity index (χ2v) is 6.82. The van der Waals surface area contributed by atoms with Gasteiger partial charge in [-0.05, 0) is 60.2 Å². The molecule has 1 aliphatic rings. The van der Waals surface area contributed by atoms with Crippen molar-refractivity contribution in [1.82, 2.24) is 14.9 Å². The van der Waals surface area contributed by atoms with Crippen LogP contribution in [0.25, 0.3) is 5.69 Å². The molecule has 0 saturated carbocycles. The van der Waals surface area contributed by atoms with Gasteiger partial charge in [0.2, 0.25) is 0 Å². The molecule has 0 bridgehead atoms. The van der Waals surface area contributed by atoms with Crippen molar-refractivity contribution < 1.29 is 17.9 Å². The third-order valence-corrected chi connectivity index (χ3v) is 5.00. The van der Waals surface area contributed by atoms with Gasteiger partial charge in [0.1, 0.15) is 11.6 Å². The van der Waals surface area contributed by atoms with Gasteiger partial charge in [0.05, 0.1) is 12.0 Å². The molecule has 1 heterocycles. The maximum absolute atomic E-state index is 14.4. The zero-order valence-electron chi connectivity index (χ0n) is 15.1. The molecule has 4 rings (SSSR count). The van der Waals surface area contributed by atoms with E-state index in [4.69, 9.17) is 0 Å². The van der Waals surface area contributed by atoms with E-state index in [0.717, 1.165) is 36.0 Å². The Morgan fingerprint density at radius 2 is 2.11 bits per heavy atom. The maximum atomic E-state index is 14.4. The van der Waals surface area contributed by atoms with Gasteiger partial charge in [-0.25, -0.2) is 9.37 Å². The third kappa shape index (κ3) is 4.04. The Morgan fingerprint density at radius 1 is 1.21 bits per heavy atom. The molecule has 7 heteroatoms. The molecule has 3 aromatic rings. The molecule has 0 fully saturated rings. The van der Waals surface area contributed by atoms with E-state index < -0.39 is 6.61 Å². The fourth-order valence-electron chi connectivity index (χ4n) is 3.69. The van der Waals surface area contributed by atoms with Gasteiger partial charge >= 0.3 is 6.61 Å². The minimum atomic E-state index is -2.82. The van der Waals surface area contributed by atoms with Crippen LogP contribution in [0.2, 0.25) is 0 Å². The van der Waals surface area contributed by atoms with Crippen LogP contribution in [-0.4, -0.2) is 16.2 Å². The molecule has 0 spiro atoms. The van der Waals surface area contributed by atoms with Crippen molar-refractivity contribution in [3.05, 3.63) is 77.6 Å². The highest BCUT2D eigenvalue weighted by Gasteiger charge is 2.21. The van der Waals surface area contributed by atoms with Crippen molar-refractivity contribution in [3.63, 3.8) is 0 Å². The van der Waals surface area contributed by atoms with Crippen molar-refractivity contribution >= 4 is 0 Å². The Morgan fingerprint density at radius 3 is 2.86 bits per heavy atom. The van der Waals surface area contributed by atoms with Crippen LogP contribution in [-0.2, 0) is 13.0 Å². The fraction of sp³-hybridized carbons (Fsp3) is 0.286. The van der Waals surface area contributed by atoms with Gasteiger partial charge in [-0.15, -0.1) is 0 Å². The molecule has 0 amide bonds. The number of fused-ring (bicyclic) bond motifs is 1. The Labute approximate surface area is 161 Å². The lowest BCUT2D eigenvalue weighted by Gasteiger charge is -2.27. The summed E-state index contributed by atoms with van der Waals surface area (Å²) < 4.78 is 45.4. The van der Waals surface area contributed by atoms with Gasteiger partial charge in [0.25, 0.3) is 0 Å². The van der Waals surface area contributed by atoms with Crippen LogP contribution in [0.15, 0.2) is 55.1 Å². The number of ether oxygens (including phenoxy) is 1. The first-order valence-electron chi connectivity index (χ1n) is 9.18. The normalized spacial score (nSPS) is 16.2. The minimum absolute atomic E-state index is 0.0979. The van der Waals surface area contributed by atoms with Crippen molar-refractivity contribution in [2.24, 2.45) is 0 Å². The predicted octanol–water partition coefficient (Wildman–Crippen LogP) is 4.78. The smallest absolute Gasteiger partial charge is 0.387 e. The lowest BCUT2D eigenvalue weighted by Crippen LogP contribution is -2.25. The Kier molecular flexibility index (Phi) is 5.34. The first kappa shape index (κ1) is 18.6. The second-order valence-electron chi connectivity index (χ2n) is 6.82. The van der Waals surface area contributed by atoms with Crippen molar-refractivity contribution in [3.8, 4) is 11.4 Å². The largest absolute Gasteiger partial charge is 0.435 e. The number of aryl methyl sites for hydroxylation is 1. The van der Waals surface area contributed by atoms with Gasteiger partial charge < -0.3 is 14.6 Å². The molecule has 0 radical (unpaired) electrons. The SMILES string of the molecule is Fc1cc(CNC2CCCc3cc(OC(F)F)ccc32)ccc1-n1ccnc1. The number of hydrogen-bond acceptors (Lipinski definition) is 3. The van der Waals surface area contributed by atoms with Crippen LogP contribution in [0, 0.1) is 5.82 Å². The van der Waals surface area contributed by atoms with Crippen LogP contribution in [0.4, 0.5) is 13.2 Å². The first-order valence-corrected chi connectivity index (χ1v) is 9.18. The van der Waals surface area contributed by atoms with Gasteiger partial charge in [0.15, 0.2) is 0 Å². The highest BCUT2D eigenvalue weighted by Crippen LogP contribution is 2.33. The summed E-state index contributed by atoms with van der Waals surface area (Å²) in [6.07, 6.45) is 7.59. The fourth-order valence-corrected chi connectivity index (χ4v) is 3.69. The molecular formula is C21H20F3N3O. The second kappa shape index (κ2) is 8.06. The van der Waals surface area contributed by atoms with Crippen molar-refractivity contribution in [1.29, 1.82) is 0 Å². The van der Waals surface area contributed by atoms with Crippen LogP contribution < -0.4 is 10.1 Å². The number of benzene rings is 2. The quantitative estimate of drug-likeness (QED) is 0.662. The van der Waals surface area contributed by atoms with E-state index in [1.54, 1.807) is 41.5 Å². The Hall–Kier alpha value is -2.80. The molecule has 1 unspecified atom stereocenters. The van der Waals surface area contributed by atoms with Crippen LogP contribution in [0.1, 0.15) is 35.6 Å². The summed E-state index contributed by atoms with van der Waals surface area (Å²) in [7, 11) is 0. The lowest BCUT2D eigenvalue weighted by molar-refractivity contribution is -0.0499. The van der Waals surface area contributed by atoms with Crippen LogP contribution >= 0.6 is 0 Å². The number of alkyl halides is 2. The summed E-state index contributed by atoms with van der Waals surface area (Å²) in [5.74, 6) is -0.123. The lowest BCUT2D eigenvalue weighted by atomic mass is 9.87.